The monoisotopic (exact) mass is 499 g/mol. The van der Waals surface area contributed by atoms with Crippen molar-refractivity contribution in [2.24, 2.45) is 11.7 Å². The maximum atomic E-state index is 14.3. The van der Waals surface area contributed by atoms with E-state index in [1.54, 1.807) is 12.4 Å². The molecule has 0 amide bonds. The molecule has 2 aliphatic rings. The van der Waals surface area contributed by atoms with Crippen LogP contribution in [0.1, 0.15) is 31.2 Å². The minimum Gasteiger partial charge on any atom is -0.487 e. The fourth-order valence-electron chi connectivity index (χ4n) is 5.00. The van der Waals surface area contributed by atoms with Gasteiger partial charge in [0.05, 0.1) is 30.9 Å². The second-order valence-corrected chi connectivity index (χ2v) is 9.41. The summed E-state index contributed by atoms with van der Waals surface area (Å²) in [4.78, 5) is 20.9. The third kappa shape index (κ3) is 5.20. The highest BCUT2D eigenvalue weighted by atomic mass is 19.1. The van der Waals surface area contributed by atoms with E-state index in [0.29, 0.717) is 36.7 Å². The van der Waals surface area contributed by atoms with Gasteiger partial charge in [-0.15, -0.1) is 0 Å². The zero-order valence-electron chi connectivity index (χ0n) is 19.9. The standard InChI is InChI=1S/C25H28F3N7O/c1-15(16-4-6-34(7-5-16)24-30-9-18(27)10-31-24)36-19-11-32-25(33-12-19)35-13-21(23(29)14-35)20-8-17(26)2-3-22(20)28/h2-3,8-12,15-16,21,23H,4-7,13-14,29H2,1H3/t15-,21+,23-/m0/s1. The number of ether oxygens (including phenoxy) is 1. The van der Waals surface area contributed by atoms with Crippen LogP contribution in [0.5, 0.6) is 5.75 Å². The van der Waals surface area contributed by atoms with E-state index < -0.39 is 17.5 Å². The highest BCUT2D eigenvalue weighted by molar-refractivity contribution is 5.39. The maximum Gasteiger partial charge on any atom is 0.225 e. The number of piperidine rings is 1. The van der Waals surface area contributed by atoms with Crippen LogP contribution in [0.25, 0.3) is 0 Å². The fraction of sp³-hybridized carbons (Fsp3) is 0.440. The molecule has 190 valence electrons. The van der Waals surface area contributed by atoms with Gasteiger partial charge < -0.3 is 20.3 Å². The normalized spacial score (nSPS) is 21.6. The SMILES string of the molecule is C[C@H](Oc1cnc(N2C[C@H](c3cc(F)ccc3F)[C@@H](N)C2)nc1)C1CCN(c2ncc(F)cn2)CC1. The third-order valence-corrected chi connectivity index (χ3v) is 7.03. The molecule has 11 heteroatoms. The van der Waals surface area contributed by atoms with Crippen molar-refractivity contribution in [3.8, 4) is 5.75 Å². The molecule has 0 radical (unpaired) electrons. The van der Waals surface area contributed by atoms with E-state index in [-0.39, 0.29) is 23.6 Å². The van der Waals surface area contributed by atoms with Gasteiger partial charge in [-0.2, -0.15) is 0 Å². The van der Waals surface area contributed by atoms with Crippen molar-refractivity contribution in [3.05, 3.63) is 66.0 Å². The Labute approximate surface area is 207 Å². The van der Waals surface area contributed by atoms with Crippen LogP contribution in [0, 0.1) is 23.4 Å². The summed E-state index contributed by atoms with van der Waals surface area (Å²) in [7, 11) is 0. The molecule has 4 heterocycles. The molecular weight excluding hydrogens is 471 g/mol. The molecule has 2 aliphatic heterocycles. The van der Waals surface area contributed by atoms with Gasteiger partial charge in [-0.25, -0.2) is 33.1 Å². The first-order chi connectivity index (χ1) is 17.4. The highest BCUT2D eigenvalue weighted by Crippen LogP contribution is 2.31. The van der Waals surface area contributed by atoms with Gasteiger partial charge in [0, 0.05) is 38.1 Å². The topological polar surface area (TPSA) is 93.3 Å². The lowest BCUT2D eigenvalue weighted by Crippen LogP contribution is -2.39. The molecule has 2 fully saturated rings. The van der Waals surface area contributed by atoms with Crippen LogP contribution in [-0.4, -0.2) is 58.3 Å². The van der Waals surface area contributed by atoms with Crippen molar-refractivity contribution in [3.63, 3.8) is 0 Å². The maximum absolute atomic E-state index is 14.3. The Kier molecular flexibility index (Phi) is 6.90. The molecule has 0 spiro atoms. The molecular formula is C25H28F3N7O. The molecule has 3 atom stereocenters. The molecule has 0 saturated carbocycles. The molecule has 5 rings (SSSR count). The number of halogens is 3. The first-order valence-corrected chi connectivity index (χ1v) is 12.0. The van der Waals surface area contributed by atoms with E-state index in [0.717, 1.165) is 38.1 Å². The molecule has 3 aromatic rings. The van der Waals surface area contributed by atoms with Crippen LogP contribution >= 0.6 is 0 Å². The number of hydrogen-bond donors (Lipinski definition) is 1. The lowest BCUT2D eigenvalue weighted by atomic mass is 9.92. The Morgan fingerprint density at radius 1 is 0.889 bits per heavy atom. The Hall–Kier alpha value is -3.47. The number of rotatable bonds is 6. The lowest BCUT2D eigenvalue weighted by Gasteiger charge is -2.34. The van der Waals surface area contributed by atoms with E-state index in [9.17, 15) is 13.2 Å². The highest BCUT2D eigenvalue weighted by Gasteiger charge is 2.34. The van der Waals surface area contributed by atoms with Gasteiger partial charge in [-0.3, -0.25) is 0 Å². The summed E-state index contributed by atoms with van der Waals surface area (Å²) in [5.41, 5.74) is 6.52. The van der Waals surface area contributed by atoms with Crippen molar-refractivity contribution in [1.82, 2.24) is 19.9 Å². The average Bonchev–Trinajstić information content (AvgIpc) is 3.27. The lowest BCUT2D eigenvalue weighted by molar-refractivity contribution is 0.132. The van der Waals surface area contributed by atoms with Crippen molar-refractivity contribution in [1.29, 1.82) is 0 Å². The molecule has 2 N–H and O–H groups in total. The summed E-state index contributed by atoms with van der Waals surface area (Å²) in [6.07, 6.45) is 7.36. The number of aromatic nitrogens is 4. The smallest absolute Gasteiger partial charge is 0.225 e. The quantitative estimate of drug-likeness (QED) is 0.552. The predicted molar refractivity (Wildman–Crippen MR) is 128 cm³/mol. The van der Waals surface area contributed by atoms with Crippen molar-refractivity contribution < 1.29 is 17.9 Å². The van der Waals surface area contributed by atoms with Crippen LogP contribution in [0.3, 0.4) is 0 Å². The van der Waals surface area contributed by atoms with Crippen molar-refractivity contribution in [2.75, 3.05) is 36.0 Å². The number of benzene rings is 1. The van der Waals surface area contributed by atoms with Crippen molar-refractivity contribution in [2.45, 2.75) is 37.8 Å². The Balaban J connectivity index is 1.16. The number of nitrogens with zero attached hydrogens (tertiary/aromatic N) is 6. The number of hydrogen-bond acceptors (Lipinski definition) is 8. The van der Waals surface area contributed by atoms with Crippen molar-refractivity contribution >= 4 is 11.9 Å². The summed E-state index contributed by atoms with van der Waals surface area (Å²) in [6.45, 7) is 4.39. The van der Waals surface area contributed by atoms with E-state index >= 15 is 0 Å². The summed E-state index contributed by atoms with van der Waals surface area (Å²) in [5, 5.41) is 0. The van der Waals surface area contributed by atoms with Gasteiger partial charge in [-0.1, -0.05) is 0 Å². The molecule has 0 aliphatic carbocycles. The molecule has 1 aromatic carbocycles. The van der Waals surface area contributed by atoms with Crippen LogP contribution in [-0.2, 0) is 0 Å². The van der Waals surface area contributed by atoms with E-state index in [2.05, 4.69) is 19.9 Å². The third-order valence-electron chi connectivity index (χ3n) is 7.03. The molecule has 2 saturated heterocycles. The first kappa shape index (κ1) is 24.2. The summed E-state index contributed by atoms with van der Waals surface area (Å²) < 4.78 is 47.1. The first-order valence-electron chi connectivity index (χ1n) is 12.0. The zero-order valence-corrected chi connectivity index (χ0v) is 19.9. The van der Waals surface area contributed by atoms with Gasteiger partial charge in [0.2, 0.25) is 11.9 Å². The largest absolute Gasteiger partial charge is 0.487 e. The van der Waals surface area contributed by atoms with E-state index in [1.165, 1.54) is 18.5 Å². The Morgan fingerprint density at radius 2 is 1.53 bits per heavy atom. The molecule has 8 nitrogen and oxygen atoms in total. The van der Waals surface area contributed by atoms with Gasteiger partial charge in [0.15, 0.2) is 11.6 Å². The van der Waals surface area contributed by atoms with Crippen LogP contribution in [0.2, 0.25) is 0 Å². The Bertz CT molecular complexity index is 1170. The van der Waals surface area contributed by atoms with E-state index in [1.807, 2.05) is 16.7 Å². The van der Waals surface area contributed by atoms with E-state index in [4.69, 9.17) is 10.5 Å². The molecule has 36 heavy (non-hydrogen) atoms. The van der Waals surface area contributed by atoms with Crippen LogP contribution in [0.4, 0.5) is 25.1 Å². The van der Waals surface area contributed by atoms with Gasteiger partial charge >= 0.3 is 0 Å². The molecule has 0 bridgehead atoms. The summed E-state index contributed by atoms with van der Waals surface area (Å²) in [6, 6.07) is 3.07. The predicted octanol–water partition coefficient (Wildman–Crippen LogP) is 3.30. The zero-order chi connectivity index (χ0) is 25.2. The summed E-state index contributed by atoms with van der Waals surface area (Å²) >= 11 is 0. The molecule has 2 aromatic heterocycles. The Morgan fingerprint density at radius 3 is 2.22 bits per heavy atom. The minimum absolute atomic E-state index is 0.0451. The second kappa shape index (κ2) is 10.3. The fourth-order valence-corrected chi connectivity index (χ4v) is 5.00. The average molecular weight is 500 g/mol. The van der Waals surface area contributed by atoms with Crippen LogP contribution < -0.4 is 20.3 Å². The van der Waals surface area contributed by atoms with Crippen LogP contribution in [0.15, 0.2) is 43.0 Å². The van der Waals surface area contributed by atoms with Gasteiger partial charge in [-0.05, 0) is 49.4 Å². The summed E-state index contributed by atoms with van der Waals surface area (Å²) in [5.74, 6) is 0.149. The van der Waals surface area contributed by atoms with Gasteiger partial charge in [0.1, 0.15) is 11.6 Å². The number of anilines is 2. The molecule has 0 unspecified atom stereocenters. The minimum atomic E-state index is -0.488. The number of nitrogens with two attached hydrogens (primary N) is 1. The second-order valence-electron chi connectivity index (χ2n) is 9.41. The van der Waals surface area contributed by atoms with Gasteiger partial charge in [0.25, 0.3) is 0 Å².